The molecular weight excluding hydrogens is 232 g/mol. The van der Waals surface area contributed by atoms with E-state index in [9.17, 15) is 13.2 Å². The van der Waals surface area contributed by atoms with Crippen molar-refractivity contribution in [2.45, 2.75) is 25.4 Å². The van der Waals surface area contributed by atoms with E-state index in [1.807, 2.05) is 0 Å². The van der Waals surface area contributed by atoms with Crippen molar-refractivity contribution < 1.29 is 18.3 Å². The van der Waals surface area contributed by atoms with Gasteiger partial charge < -0.3 is 5.11 Å². The van der Waals surface area contributed by atoms with Gasteiger partial charge in [-0.1, -0.05) is 6.92 Å². The molecule has 1 heterocycles. The molecular formula is C9H12N2O4S. The van der Waals surface area contributed by atoms with Gasteiger partial charge in [0.15, 0.2) is 0 Å². The van der Waals surface area contributed by atoms with Crippen molar-refractivity contribution in [1.29, 1.82) is 0 Å². The second-order valence-corrected chi connectivity index (χ2v) is 5.25. The van der Waals surface area contributed by atoms with Gasteiger partial charge in [0.2, 0.25) is 15.0 Å². The van der Waals surface area contributed by atoms with Crippen molar-refractivity contribution in [3.8, 4) is 0 Å². The molecule has 6 nitrogen and oxygen atoms in total. The van der Waals surface area contributed by atoms with Crippen molar-refractivity contribution in [3.05, 3.63) is 17.0 Å². The van der Waals surface area contributed by atoms with Crippen LogP contribution < -0.4 is 0 Å². The molecule has 0 unspecified atom stereocenters. The van der Waals surface area contributed by atoms with Crippen LogP contribution in [0.1, 0.15) is 28.7 Å². The number of sulfone groups is 1. The first kappa shape index (κ1) is 12.6. The lowest BCUT2D eigenvalue weighted by Gasteiger charge is -2.07. The van der Waals surface area contributed by atoms with Crippen molar-refractivity contribution in [2.24, 2.45) is 0 Å². The van der Waals surface area contributed by atoms with E-state index in [2.05, 4.69) is 9.97 Å². The van der Waals surface area contributed by atoms with Gasteiger partial charge in [0.05, 0.1) is 11.4 Å². The highest BCUT2D eigenvalue weighted by molar-refractivity contribution is 7.90. The lowest BCUT2D eigenvalue weighted by atomic mass is 10.1. The quantitative estimate of drug-likeness (QED) is 0.775. The number of hydrogen-bond donors (Lipinski definition) is 1. The minimum atomic E-state index is -3.52. The molecule has 0 aliphatic heterocycles. The van der Waals surface area contributed by atoms with Crippen LogP contribution in [0.3, 0.4) is 0 Å². The van der Waals surface area contributed by atoms with Crippen LogP contribution in [0.4, 0.5) is 0 Å². The number of carboxylic acids is 1. The van der Waals surface area contributed by atoms with Crippen LogP contribution in [0.25, 0.3) is 0 Å². The van der Waals surface area contributed by atoms with E-state index >= 15 is 0 Å². The Morgan fingerprint density at radius 2 is 1.94 bits per heavy atom. The maximum atomic E-state index is 11.3. The number of nitrogens with zero attached hydrogens (tertiary/aromatic N) is 2. The number of carbonyl (C=O) groups is 1. The topological polar surface area (TPSA) is 97.2 Å². The molecule has 0 aliphatic rings. The average Bonchev–Trinajstić information content (AvgIpc) is 2.14. The fourth-order valence-corrected chi connectivity index (χ4v) is 1.88. The molecule has 0 atom stereocenters. The molecule has 0 spiro atoms. The van der Waals surface area contributed by atoms with Gasteiger partial charge in [-0.2, -0.15) is 0 Å². The summed E-state index contributed by atoms with van der Waals surface area (Å²) in [7, 11) is -3.52. The zero-order valence-corrected chi connectivity index (χ0v) is 10.00. The Bertz CT molecular complexity index is 537. The van der Waals surface area contributed by atoms with Gasteiger partial charge in [-0.3, -0.25) is 0 Å². The molecule has 7 heteroatoms. The van der Waals surface area contributed by atoms with E-state index in [0.717, 1.165) is 6.26 Å². The average molecular weight is 244 g/mol. The van der Waals surface area contributed by atoms with E-state index in [-0.39, 0.29) is 22.1 Å². The number of aromatic carboxylic acids is 1. The number of aromatic nitrogens is 2. The van der Waals surface area contributed by atoms with Crippen molar-refractivity contribution in [1.82, 2.24) is 9.97 Å². The van der Waals surface area contributed by atoms with Crippen molar-refractivity contribution >= 4 is 15.8 Å². The molecule has 1 N–H and O–H groups in total. The van der Waals surface area contributed by atoms with Crippen LogP contribution in [0.15, 0.2) is 5.16 Å². The fraction of sp³-hybridized carbons (Fsp3) is 0.444. The third kappa shape index (κ3) is 2.35. The van der Waals surface area contributed by atoms with Gasteiger partial charge >= 0.3 is 5.97 Å². The third-order valence-electron chi connectivity index (χ3n) is 2.02. The lowest BCUT2D eigenvalue weighted by Crippen LogP contribution is -2.14. The molecule has 0 amide bonds. The molecule has 0 saturated carbocycles. The number of hydrogen-bond acceptors (Lipinski definition) is 5. The minimum absolute atomic E-state index is 0.0186. The lowest BCUT2D eigenvalue weighted by molar-refractivity contribution is 0.0693. The molecule has 0 radical (unpaired) electrons. The van der Waals surface area contributed by atoms with E-state index in [4.69, 9.17) is 5.11 Å². The molecule has 1 aromatic rings. The molecule has 0 fully saturated rings. The van der Waals surface area contributed by atoms with Crippen LogP contribution >= 0.6 is 0 Å². The Hall–Kier alpha value is -1.50. The Balaban J connectivity index is 3.56. The zero-order chi connectivity index (χ0) is 12.5. The fourth-order valence-electron chi connectivity index (χ4n) is 1.30. The summed E-state index contributed by atoms with van der Waals surface area (Å²) in [5, 5.41) is 8.61. The van der Waals surface area contributed by atoms with Gasteiger partial charge in [-0.05, 0) is 13.3 Å². The predicted molar refractivity (Wildman–Crippen MR) is 56.2 cm³/mol. The second kappa shape index (κ2) is 4.17. The summed E-state index contributed by atoms with van der Waals surface area (Å²) in [6.07, 6.45) is 1.33. The predicted octanol–water partition coefficient (Wildman–Crippen LogP) is 0.449. The first-order valence-corrected chi connectivity index (χ1v) is 6.47. The highest BCUT2D eigenvalue weighted by Crippen LogP contribution is 2.14. The summed E-state index contributed by atoms with van der Waals surface area (Å²) in [5.41, 5.74) is 0.384. The van der Waals surface area contributed by atoms with E-state index in [0.29, 0.717) is 6.42 Å². The molecule has 1 rings (SSSR count). The number of carboxylic acid groups (broad SMARTS) is 1. The summed E-state index contributed by atoms with van der Waals surface area (Å²) in [4.78, 5) is 18.4. The molecule has 0 bridgehead atoms. The van der Waals surface area contributed by atoms with Crippen LogP contribution in [0.5, 0.6) is 0 Å². The minimum Gasteiger partial charge on any atom is -0.478 e. The maximum Gasteiger partial charge on any atom is 0.339 e. The Morgan fingerprint density at radius 1 is 1.38 bits per heavy atom. The van der Waals surface area contributed by atoms with Crippen LogP contribution in [-0.2, 0) is 16.3 Å². The smallest absolute Gasteiger partial charge is 0.339 e. The summed E-state index contributed by atoms with van der Waals surface area (Å²) in [6.45, 7) is 3.17. The van der Waals surface area contributed by atoms with Gasteiger partial charge in [-0.25, -0.2) is 23.2 Å². The zero-order valence-electron chi connectivity index (χ0n) is 9.18. The maximum absolute atomic E-state index is 11.3. The first-order valence-electron chi connectivity index (χ1n) is 4.58. The largest absolute Gasteiger partial charge is 0.478 e. The van der Waals surface area contributed by atoms with E-state index in [1.54, 1.807) is 6.92 Å². The number of aryl methyl sites for hydroxylation is 2. The Morgan fingerprint density at radius 3 is 2.31 bits per heavy atom. The van der Waals surface area contributed by atoms with Gasteiger partial charge in [0.1, 0.15) is 5.56 Å². The Kier molecular flexibility index (Phi) is 3.27. The van der Waals surface area contributed by atoms with Crippen molar-refractivity contribution in [3.63, 3.8) is 0 Å². The standard InChI is InChI=1S/C9H12N2O4S/c1-4-6-7(8(12)13)5(2)10-9(11-6)16(3,14)15/h4H2,1-3H3,(H,12,13). The molecule has 1 aromatic heterocycles. The van der Waals surface area contributed by atoms with Crippen LogP contribution in [-0.4, -0.2) is 35.7 Å². The molecule has 0 saturated heterocycles. The Labute approximate surface area is 93.3 Å². The van der Waals surface area contributed by atoms with Crippen LogP contribution in [0, 0.1) is 6.92 Å². The summed E-state index contributed by atoms with van der Waals surface area (Å²) in [6, 6.07) is 0. The SMILES string of the molecule is CCc1nc(S(C)(=O)=O)nc(C)c1C(=O)O. The monoisotopic (exact) mass is 244 g/mol. The van der Waals surface area contributed by atoms with E-state index in [1.165, 1.54) is 6.92 Å². The van der Waals surface area contributed by atoms with Crippen LogP contribution in [0.2, 0.25) is 0 Å². The second-order valence-electron chi connectivity index (χ2n) is 3.34. The summed E-state index contributed by atoms with van der Waals surface area (Å²) >= 11 is 0. The van der Waals surface area contributed by atoms with Gasteiger partial charge in [-0.15, -0.1) is 0 Å². The first-order chi connectivity index (χ1) is 7.27. The van der Waals surface area contributed by atoms with E-state index < -0.39 is 15.8 Å². The normalized spacial score (nSPS) is 11.4. The summed E-state index contributed by atoms with van der Waals surface area (Å²) in [5.74, 6) is -1.14. The molecule has 88 valence electrons. The van der Waals surface area contributed by atoms with Gasteiger partial charge in [0, 0.05) is 6.26 Å². The highest BCUT2D eigenvalue weighted by atomic mass is 32.2. The molecule has 0 aromatic carbocycles. The number of rotatable bonds is 3. The van der Waals surface area contributed by atoms with Gasteiger partial charge in [0.25, 0.3) is 0 Å². The molecule has 16 heavy (non-hydrogen) atoms. The van der Waals surface area contributed by atoms with Crippen molar-refractivity contribution in [2.75, 3.05) is 6.26 Å². The summed E-state index contributed by atoms with van der Waals surface area (Å²) < 4.78 is 22.5. The molecule has 0 aliphatic carbocycles. The highest BCUT2D eigenvalue weighted by Gasteiger charge is 2.20. The third-order valence-corrected chi connectivity index (χ3v) is 2.87.